The summed E-state index contributed by atoms with van der Waals surface area (Å²) in [4.78, 5) is 11.4. The van der Waals surface area contributed by atoms with Gasteiger partial charge in [0, 0.05) is 7.05 Å². The van der Waals surface area contributed by atoms with Crippen LogP contribution in [0.3, 0.4) is 0 Å². The lowest BCUT2D eigenvalue weighted by molar-refractivity contribution is 0.0635. The highest BCUT2D eigenvalue weighted by Crippen LogP contribution is 2.18. The van der Waals surface area contributed by atoms with Crippen LogP contribution in [0.1, 0.15) is 20.8 Å². The molecule has 0 aromatic carbocycles. The first-order valence-electron chi connectivity index (χ1n) is 4.35. The topological polar surface area (TPSA) is 69.0 Å². The molecule has 0 aliphatic heterocycles. The average Bonchev–Trinajstić information content (AvgIpc) is 2.32. The Morgan fingerprint density at radius 2 is 2.13 bits per heavy atom. The quantitative estimate of drug-likeness (QED) is 0.851. The second kappa shape index (κ2) is 4.18. The van der Waals surface area contributed by atoms with Gasteiger partial charge in [0.05, 0.1) is 0 Å². The maximum absolute atomic E-state index is 11.4. The van der Waals surface area contributed by atoms with E-state index in [-0.39, 0.29) is 0 Å². The van der Waals surface area contributed by atoms with Gasteiger partial charge in [-0.15, -0.1) is 5.10 Å². The lowest BCUT2D eigenvalue weighted by atomic mass is 10.2. The van der Waals surface area contributed by atoms with E-state index in [1.165, 1.54) is 4.68 Å². The molecular weight excluding hydrogens is 264 g/mol. The van der Waals surface area contributed by atoms with Crippen molar-refractivity contribution in [2.24, 2.45) is 7.05 Å². The summed E-state index contributed by atoms with van der Waals surface area (Å²) in [5.41, 5.74) is -0.529. The second-order valence-corrected chi connectivity index (χ2v) is 4.73. The van der Waals surface area contributed by atoms with Gasteiger partial charge in [0.2, 0.25) is 0 Å². The number of aromatic nitrogens is 3. The molecule has 1 rings (SSSR count). The van der Waals surface area contributed by atoms with Crippen molar-refractivity contribution in [3.63, 3.8) is 0 Å². The number of ether oxygens (including phenoxy) is 1. The smallest absolute Gasteiger partial charge is 0.413 e. The minimum absolute atomic E-state index is 0.340. The van der Waals surface area contributed by atoms with Gasteiger partial charge in [-0.1, -0.05) is 5.21 Å². The highest BCUT2D eigenvalue weighted by molar-refractivity contribution is 9.10. The Morgan fingerprint density at radius 3 is 2.53 bits per heavy atom. The summed E-state index contributed by atoms with van der Waals surface area (Å²) in [6.07, 6.45) is -0.552. The van der Waals surface area contributed by atoms with Crippen LogP contribution >= 0.6 is 15.9 Å². The number of carbonyl (C=O) groups is 1. The van der Waals surface area contributed by atoms with E-state index in [0.717, 1.165) is 0 Å². The zero-order valence-corrected chi connectivity index (χ0v) is 10.6. The molecule has 0 unspecified atom stereocenters. The predicted octanol–water partition coefficient (Wildman–Crippen LogP) is 1.92. The number of nitrogens with zero attached hydrogens (tertiary/aromatic N) is 3. The molecule has 1 aromatic heterocycles. The third-order valence-electron chi connectivity index (χ3n) is 1.38. The number of aryl methyl sites for hydroxylation is 1. The second-order valence-electron chi connectivity index (χ2n) is 3.98. The number of hydrogen-bond donors (Lipinski definition) is 1. The number of rotatable bonds is 1. The molecule has 0 fully saturated rings. The molecule has 0 bridgehead atoms. The first kappa shape index (κ1) is 12.0. The van der Waals surface area contributed by atoms with Gasteiger partial charge < -0.3 is 4.74 Å². The Morgan fingerprint density at radius 1 is 1.53 bits per heavy atom. The molecule has 1 aromatic rings. The fourth-order valence-corrected chi connectivity index (χ4v) is 1.07. The molecule has 0 radical (unpaired) electrons. The molecule has 1 N–H and O–H groups in total. The van der Waals surface area contributed by atoms with E-state index in [0.29, 0.717) is 10.4 Å². The summed E-state index contributed by atoms with van der Waals surface area (Å²) in [5.74, 6) is 0.340. The number of amides is 1. The van der Waals surface area contributed by atoms with Gasteiger partial charge in [-0.05, 0) is 36.7 Å². The van der Waals surface area contributed by atoms with E-state index in [2.05, 4.69) is 31.6 Å². The standard InChI is InChI=1S/C8H13BrN4O2/c1-8(2,3)15-7(14)10-6-5(9)13(4)12-11-6/h1-4H3,(H,10,14). The van der Waals surface area contributed by atoms with Crippen molar-refractivity contribution in [1.82, 2.24) is 15.0 Å². The fourth-order valence-electron chi connectivity index (χ4n) is 0.822. The molecule has 1 amide bonds. The van der Waals surface area contributed by atoms with E-state index in [1.807, 2.05) is 0 Å². The van der Waals surface area contributed by atoms with Crippen LogP contribution in [-0.2, 0) is 11.8 Å². The van der Waals surface area contributed by atoms with E-state index in [9.17, 15) is 4.79 Å². The van der Waals surface area contributed by atoms with Gasteiger partial charge in [-0.2, -0.15) is 0 Å². The van der Waals surface area contributed by atoms with E-state index >= 15 is 0 Å². The van der Waals surface area contributed by atoms with E-state index < -0.39 is 11.7 Å². The molecule has 0 saturated carbocycles. The lowest BCUT2D eigenvalue weighted by Gasteiger charge is -2.19. The number of hydrogen-bond acceptors (Lipinski definition) is 4. The van der Waals surface area contributed by atoms with Crippen LogP contribution < -0.4 is 5.32 Å². The van der Waals surface area contributed by atoms with Crippen molar-refractivity contribution in [3.8, 4) is 0 Å². The van der Waals surface area contributed by atoms with Crippen molar-refractivity contribution in [2.45, 2.75) is 26.4 Å². The molecular formula is C8H13BrN4O2. The highest BCUT2D eigenvalue weighted by Gasteiger charge is 2.18. The van der Waals surface area contributed by atoms with Crippen molar-refractivity contribution in [1.29, 1.82) is 0 Å². The van der Waals surface area contributed by atoms with Crippen LogP contribution in [0.5, 0.6) is 0 Å². The van der Waals surface area contributed by atoms with Gasteiger partial charge >= 0.3 is 6.09 Å². The first-order valence-corrected chi connectivity index (χ1v) is 5.14. The van der Waals surface area contributed by atoms with Gasteiger partial charge in [0.15, 0.2) is 5.82 Å². The Kier molecular flexibility index (Phi) is 3.33. The highest BCUT2D eigenvalue weighted by atomic mass is 79.9. The summed E-state index contributed by atoms with van der Waals surface area (Å²) >= 11 is 3.23. The first-order chi connectivity index (χ1) is 6.79. The minimum atomic E-state index is -0.552. The average molecular weight is 277 g/mol. The molecule has 15 heavy (non-hydrogen) atoms. The molecule has 84 valence electrons. The van der Waals surface area contributed by atoms with Gasteiger partial charge in [0.1, 0.15) is 10.2 Å². The molecule has 0 spiro atoms. The Labute approximate surface area is 96.1 Å². The van der Waals surface area contributed by atoms with Gasteiger partial charge in [-0.3, -0.25) is 5.32 Å². The van der Waals surface area contributed by atoms with Crippen molar-refractivity contribution < 1.29 is 9.53 Å². The summed E-state index contributed by atoms with van der Waals surface area (Å²) in [6, 6.07) is 0. The molecule has 0 atom stereocenters. The molecule has 7 heteroatoms. The summed E-state index contributed by atoms with van der Waals surface area (Å²) < 4.78 is 7.14. The SMILES string of the molecule is Cn1nnc(NC(=O)OC(C)(C)C)c1Br. The molecule has 0 aliphatic rings. The van der Waals surface area contributed by atoms with Gasteiger partial charge in [0.25, 0.3) is 0 Å². The number of halogens is 1. The van der Waals surface area contributed by atoms with Crippen molar-refractivity contribution in [3.05, 3.63) is 4.60 Å². The van der Waals surface area contributed by atoms with Crippen molar-refractivity contribution >= 4 is 27.8 Å². The van der Waals surface area contributed by atoms with Gasteiger partial charge in [-0.25, -0.2) is 9.48 Å². The predicted molar refractivity (Wildman–Crippen MR) is 58.6 cm³/mol. The maximum Gasteiger partial charge on any atom is 0.413 e. The summed E-state index contributed by atoms with van der Waals surface area (Å²) in [5, 5.41) is 9.94. The van der Waals surface area contributed by atoms with Crippen molar-refractivity contribution in [2.75, 3.05) is 5.32 Å². The number of anilines is 1. The maximum atomic E-state index is 11.4. The Bertz CT molecular complexity index is 369. The monoisotopic (exact) mass is 276 g/mol. The largest absolute Gasteiger partial charge is 0.444 e. The number of nitrogens with one attached hydrogen (secondary N) is 1. The van der Waals surface area contributed by atoms with Crippen LogP contribution in [0, 0.1) is 0 Å². The van der Waals surface area contributed by atoms with Crippen LogP contribution in [0.4, 0.5) is 10.6 Å². The third-order valence-corrected chi connectivity index (χ3v) is 2.27. The van der Waals surface area contributed by atoms with Crippen LogP contribution in [0.2, 0.25) is 0 Å². The van der Waals surface area contributed by atoms with Crippen LogP contribution in [0.25, 0.3) is 0 Å². The van der Waals surface area contributed by atoms with E-state index in [1.54, 1.807) is 27.8 Å². The summed E-state index contributed by atoms with van der Waals surface area (Å²) in [7, 11) is 1.71. The summed E-state index contributed by atoms with van der Waals surface area (Å²) in [6.45, 7) is 5.37. The molecule has 6 nitrogen and oxygen atoms in total. The zero-order chi connectivity index (χ0) is 11.6. The molecule has 0 aliphatic carbocycles. The third kappa shape index (κ3) is 3.50. The van der Waals surface area contributed by atoms with E-state index in [4.69, 9.17) is 4.74 Å². The minimum Gasteiger partial charge on any atom is -0.444 e. The normalized spacial score (nSPS) is 11.3. The zero-order valence-electron chi connectivity index (χ0n) is 9.04. The Balaban J connectivity index is 2.63. The van der Waals surface area contributed by atoms with Crippen LogP contribution in [-0.4, -0.2) is 26.7 Å². The number of carbonyl (C=O) groups excluding carboxylic acids is 1. The van der Waals surface area contributed by atoms with Crippen LogP contribution in [0.15, 0.2) is 4.60 Å². The fraction of sp³-hybridized carbons (Fsp3) is 0.625. The molecule has 1 heterocycles. The lowest BCUT2D eigenvalue weighted by Crippen LogP contribution is -2.27. The molecule has 0 saturated heterocycles. The Hall–Kier alpha value is -1.11.